The third-order valence-corrected chi connectivity index (χ3v) is 3.14. The van der Waals surface area contributed by atoms with Gasteiger partial charge in [0.1, 0.15) is 0 Å². The zero-order valence-corrected chi connectivity index (χ0v) is 11.7. The lowest BCUT2D eigenvalue weighted by molar-refractivity contribution is 0.0916. The molecule has 1 amide bonds. The third kappa shape index (κ3) is 3.45. The van der Waals surface area contributed by atoms with Crippen LogP contribution in [0, 0.1) is 6.92 Å². The van der Waals surface area contributed by atoms with Crippen molar-refractivity contribution in [3.8, 4) is 0 Å². The van der Waals surface area contributed by atoms with Crippen molar-refractivity contribution in [2.75, 3.05) is 6.61 Å². The van der Waals surface area contributed by atoms with Crippen LogP contribution in [0.1, 0.15) is 21.6 Å². The van der Waals surface area contributed by atoms with Gasteiger partial charge < -0.3 is 10.4 Å². The molecule has 5 nitrogen and oxygen atoms in total. The summed E-state index contributed by atoms with van der Waals surface area (Å²) in [5.74, 6) is -0.203. The van der Waals surface area contributed by atoms with E-state index >= 15 is 0 Å². The van der Waals surface area contributed by atoms with E-state index in [9.17, 15) is 9.90 Å². The van der Waals surface area contributed by atoms with E-state index in [1.165, 1.54) is 0 Å². The van der Waals surface area contributed by atoms with E-state index in [-0.39, 0.29) is 18.6 Å². The molecule has 106 valence electrons. The molecule has 0 radical (unpaired) electrons. The van der Waals surface area contributed by atoms with E-state index in [0.717, 1.165) is 5.56 Å². The average molecular weight is 273 g/mol. The summed E-state index contributed by atoms with van der Waals surface area (Å²) in [6.45, 7) is 1.69. The highest BCUT2D eigenvalue weighted by Gasteiger charge is 2.17. The number of carbonyl (C=O) groups excluding carboxylic acids is 1. The fraction of sp³-hybridized carbons (Fsp3) is 0.333. The molecule has 2 rings (SSSR count). The van der Waals surface area contributed by atoms with Gasteiger partial charge in [-0.05, 0) is 18.9 Å². The van der Waals surface area contributed by atoms with E-state index in [1.807, 2.05) is 30.3 Å². The molecular weight excluding hydrogens is 254 g/mol. The molecule has 0 unspecified atom stereocenters. The number of aromatic nitrogens is 2. The zero-order chi connectivity index (χ0) is 14.5. The molecule has 0 aliphatic rings. The lowest BCUT2D eigenvalue weighted by atomic mass is 10.1. The van der Waals surface area contributed by atoms with Crippen LogP contribution in [0.3, 0.4) is 0 Å². The van der Waals surface area contributed by atoms with Crippen LogP contribution in [0.25, 0.3) is 0 Å². The van der Waals surface area contributed by atoms with Gasteiger partial charge >= 0.3 is 0 Å². The first-order valence-electron chi connectivity index (χ1n) is 6.56. The van der Waals surface area contributed by atoms with Crippen LogP contribution in [0.5, 0.6) is 0 Å². The fourth-order valence-electron chi connectivity index (χ4n) is 2.15. The Hall–Kier alpha value is -2.14. The van der Waals surface area contributed by atoms with Crippen molar-refractivity contribution >= 4 is 5.91 Å². The van der Waals surface area contributed by atoms with Gasteiger partial charge in [0, 0.05) is 13.2 Å². The lowest BCUT2D eigenvalue weighted by Gasteiger charge is -2.16. The summed E-state index contributed by atoms with van der Waals surface area (Å²) in [5, 5.41) is 16.4. The molecule has 1 heterocycles. The Morgan fingerprint density at radius 2 is 2.10 bits per heavy atom. The number of amides is 1. The smallest absolute Gasteiger partial charge is 0.255 e. The maximum absolute atomic E-state index is 12.2. The predicted octanol–water partition coefficient (Wildman–Crippen LogP) is 1.06. The first-order valence-corrected chi connectivity index (χ1v) is 6.56. The molecule has 0 spiro atoms. The molecule has 0 aliphatic carbocycles. The van der Waals surface area contributed by atoms with Gasteiger partial charge in [-0.25, -0.2) is 0 Å². The number of benzene rings is 1. The van der Waals surface area contributed by atoms with Gasteiger partial charge in [0.05, 0.1) is 23.9 Å². The number of rotatable bonds is 5. The number of aryl methyl sites for hydroxylation is 2. The summed E-state index contributed by atoms with van der Waals surface area (Å²) < 4.78 is 1.61. The maximum Gasteiger partial charge on any atom is 0.255 e. The van der Waals surface area contributed by atoms with Gasteiger partial charge in [0.25, 0.3) is 5.91 Å². The van der Waals surface area contributed by atoms with Crippen molar-refractivity contribution in [2.24, 2.45) is 7.05 Å². The average Bonchev–Trinajstić information content (AvgIpc) is 2.78. The van der Waals surface area contributed by atoms with Crippen molar-refractivity contribution in [1.29, 1.82) is 0 Å². The Balaban J connectivity index is 2.03. The summed E-state index contributed by atoms with van der Waals surface area (Å²) in [5.41, 5.74) is 2.30. The summed E-state index contributed by atoms with van der Waals surface area (Å²) in [4.78, 5) is 12.2. The number of nitrogens with one attached hydrogen (secondary N) is 1. The van der Waals surface area contributed by atoms with Gasteiger partial charge in [-0.3, -0.25) is 9.48 Å². The van der Waals surface area contributed by atoms with Crippen LogP contribution in [-0.4, -0.2) is 33.4 Å². The second-order valence-corrected chi connectivity index (χ2v) is 4.84. The molecule has 2 N–H and O–H groups in total. The quantitative estimate of drug-likeness (QED) is 0.856. The third-order valence-electron chi connectivity index (χ3n) is 3.14. The Labute approximate surface area is 118 Å². The van der Waals surface area contributed by atoms with E-state index < -0.39 is 0 Å². The number of hydrogen-bond acceptors (Lipinski definition) is 3. The number of nitrogens with zero attached hydrogens (tertiary/aromatic N) is 2. The van der Waals surface area contributed by atoms with Crippen molar-refractivity contribution in [1.82, 2.24) is 15.1 Å². The van der Waals surface area contributed by atoms with E-state index in [1.54, 1.807) is 24.9 Å². The molecule has 1 aromatic carbocycles. The Bertz CT molecular complexity index is 578. The lowest BCUT2D eigenvalue weighted by Crippen LogP contribution is -2.39. The largest absolute Gasteiger partial charge is 0.394 e. The van der Waals surface area contributed by atoms with Crippen molar-refractivity contribution in [2.45, 2.75) is 19.4 Å². The van der Waals surface area contributed by atoms with Crippen LogP contribution in [0.15, 0.2) is 36.5 Å². The summed E-state index contributed by atoms with van der Waals surface area (Å²) in [6, 6.07) is 9.47. The first kappa shape index (κ1) is 14.3. The van der Waals surface area contributed by atoms with Crippen LogP contribution >= 0.6 is 0 Å². The molecule has 0 bridgehead atoms. The van der Waals surface area contributed by atoms with Gasteiger partial charge in [-0.1, -0.05) is 30.3 Å². The standard InChI is InChI=1S/C15H19N3O2/c1-11-14(9-18(2)17-11)15(20)16-13(10-19)8-12-6-4-3-5-7-12/h3-7,9,13,19H,8,10H2,1-2H3,(H,16,20)/t13-/m1/s1. The molecule has 0 fully saturated rings. The molecular formula is C15H19N3O2. The minimum Gasteiger partial charge on any atom is -0.394 e. The molecule has 0 aliphatic heterocycles. The second-order valence-electron chi connectivity index (χ2n) is 4.84. The SMILES string of the molecule is Cc1nn(C)cc1C(=O)N[C@@H](CO)Cc1ccccc1. The van der Waals surface area contributed by atoms with E-state index in [4.69, 9.17) is 0 Å². The van der Waals surface area contributed by atoms with Crippen LogP contribution in [0.2, 0.25) is 0 Å². The van der Waals surface area contributed by atoms with Gasteiger partial charge in [0.15, 0.2) is 0 Å². The number of aliphatic hydroxyl groups is 1. The highest BCUT2D eigenvalue weighted by molar-refractivity contribution is 5.95. The van der Waals surface area contributed by atoms with E-state index in [2.05, 4.69) is 10.4 Å². The van der Waals surface area contributed by atoms with Gasteiger partial charge in [-0.2, -0.15) is 5.10 Å². The molecule has 0 saturated heterocycles. The van der Waals surface area contributed by atoms with Crippen LogP contribution < -0.4 is 5.32 Å². The minimum absolute atomic E-state index is 0.0973. The number of aliphatic hydroxyl groups excluding tert-OH is 1. The second kappa shape index (κ2) is 6.34. The van der Waals surface area contributed by atoms with Gasteiger partial charge in [0.2, 0.25) is 0 Å². The number of hydrogen-bond donors (Lipinski definition) is 2. The number of carbonyl (C=O) groups is 1. The molecule has 1 aromatic heterocycles. The highest BCUT2D eigenvalue weighted by atomic mass is 16.3. The normalized spacial score (nSPS) is 12.2. The van der Waals surface area contributed by atoms with Crippen molar-refractivity contribution in [3.05, 3.63) is 53.3 Å². The van der Waals surface area contributed by atoms with Gasteiger partial charge in [-0.15, -0.1) is 0 Å². The van der Waals surface area contributed by atoms with Crippen molar-refractivity contribution < 1.29 is 9.90 Å². The fourth-order valence-corrected chi connectivity index (χ4v) is 2.15. The predicted molar refractivity (Wildman–Crippen MR) is 76.4 cm³/mol. The molecule has 2 aromatic rings. The summed E-state index contributed by atoms with van der Waals surface area (Å²) in [7, 11) is 1.78. The maximum atomic E-state index is 12.2. The zero-order valence-electron chi connectivity index (χ0n) is 11.7. The summed E-state index contributed by atoms with van der Waals surface area (Å²) in [6.07, 6.45) is 2.28. The topological polar surface area (TPSA) is 67.2 Å². The molecule has 0 saturated carbocycles. The Morgan fingerprint density at radius 3 is 2.65 bits per heavy atom. The van der Waals surface area contributed by atoms with E-state index in [0.29, 0.717) is 17.7 Å². The molecule has 1 atom stereocenters. The van der Waals surface area contributed by atoms with Crippen molar-refractivity contribution in [3.63, 3.8) is 0 Å². The minimum atomic E-state index is -0.301. The Morgan fingerprint density at radius 1 is 1.40 bits per heavy atom. The highest BCUT2D eigenvalue weighted by Crippen LogP contribution is 2.07. The Kier molecular flexibility index (Phi) is 4.53. The first-order chi connectivity index (χ1) is 9.60. The molecule has 20 heavy (non-hydrogen) atoms. The van der Waals surface area contributed by atoms with Crippen LogP contribution in [-0.2, 0) is 13.5 Å². The summed E-state index contributed by atoms with van der Waals surface area (Å²) >= 11 is 0. The van der Waals surface area contributed by atoms with Crippen LogP contribution in [0.4, 0.5) is 0 Å². The monoisotopic (exact) mass is 273 g/mol. The molecule has 5 heteroatoms.